The van der Waals surface area contributed by atoms with Gasteiger partial charge in [0.1, 0.15) is 5.75 Å². The Hall–Kier alpha value is -2.53. The van der Waals surface area contributed by atoms with Gasteiger partial charge in [-0.1, -0.05) is 24.6 Å². The number of hydrogen-bond donors (Lipinski definition) is 1. The minimum Gasteiger partial charge on any atom is -0.481 e. The van der Waals surface area contributed by atoms with Crippen LogP contribution in [0, 0.1) is 0 Å². The highest BCUT2D eigenvalue weighted by atomic mass is 35.5. The number of benzene rings is 2. The van der Waals surface area contributed by atoms with Gasteiger partial charge in [-0.15, -0.1) is 0 Å². The first-order valence-electron chi connectivity index (χ1n) is 8.70. The fourth-order valence-corrected chi connectivity index (χ4v) is 3.08. The fraction of sp³-hybridized carbons (Fsp3) is 0.300. The maximum absolute atomic E-state index is 12.5. The monoisotopic (exact) mass is 372 g/mol. The summed E-state index contributed by atoms with van der Waals surface area (Å²) in [5.74, 6) is 0.475. The third-order valence-corrected chi connectivity index (χ3v) is 4.49. The van der Waals surface area contributed by atoms with Crippen LogP contribution in [0.4, 0.5) is 11.4 Å². The van der Waals surface area contributed by atoms with Crippen LogP contribution in [0.5, 0.6) is 5.75 Å². The number of nitrogens with zero attached hydrogens (tertiary/aromatic N) is 1. The van der Waals surface area contributed by atoms with Gasteiger partial charge >= 0.3 is 0 Å². The van der Waals surface area contributed by atoms with Crippen molar-refractivity contribution in [3.63, 3.8) is 0 Å². The Balaban J connectivity index is 1.63. The zero-order valence-electron chi connectivity index (χ0n) is 14.6. The van der Waals surface area contributed by atoms with E-state index in [9.17, 15) is 9.59 Å². The molecular formula is C20H21ClN2O3. The molecule has 1 atom stereocenters. The molecule has 6 heteroatoms. The molecule has 0 saturated carbocycles. The van der Waals surface area contributed by atoms with Gasteiger partial charge in [0, 0.05) is 29.4 Å². The van der Waals surface area contributed by atoms with Gasteiger partial charge in [-0.2, -0.15) is 0 Å². The molecule has 2 amide bonds. The third-order valence-electron chi connectivity index (χ3n) is 4.26. The first-order chi connectivity index (χ1) is 12.6. The standard InChI is InChI=1S/C20H21ClN2O3/c1-2-18(26-17-6-3-5-14(21)13-17)20(25)22-15-8-10-16(11-9-15)23-12-4-7-19(23)24/h3,5-6,8-11,13,18H,2,4,7,12H2,1H3,(H,22,25)/t18-/m1/s1. The van der Waals surface area contributed by atoms with Crippen molar-refractivity contribution in [2.24, 2.45) is 0 Å². The van der Waals surface area contributed by atoms with Gasteiger partial charge in [0.15, 0.2) is 6.10 Å². The van der Waals surface area contributed by atoms with E-state index in [0.29, 0.717) is 29.3 Å². The first-order valence-corrected chi connectivity index (χ1v) is 9.08. The van der Waals surface area contributed by atoms with Crippen LogP contribution in [-0.4, -0.2) is 24.5 Å². The fourth-order valence-electron chi connectivity index (χ4n) is 2.90. The Labute approximate surface area is 157 Å². The Morgan fingerprint density at radius 2 is 2.04 bits per heavy atom. The number of anilines is 2. The van der Waals surface area contributed by atoms with Crippen molar-refractivity contribution in [2.45, 2.75) is 32.3 Å². The molecule has 0 aliphatic carbocycles. The minimum atomic E-state index is -0.617. The van der Waals surface area contributed by atoms with Gasteiger partial charge in [0.05, 0.1) is 0 Å². The lowest BCUT2D eigenvalue weighted by Gasteiger charge is -2.18. The number of carbonyl (C=O) groups excluding carboxylic acids is 2. The lowest BCUT2D eigenvalue weighted by molar-refractivity contribution is -0.122. The van der Waals surface area contributed by atoms with Crippen LogP contribution in [-0.2, 0) is 9.59 Å². The smallest absolute Gasteiger partial charge is 0.265 e. The second kappa shape index (κ2) is 8.23. The van der Waals surface area contributed by atoms with Crippen LogP contribution >= 0.6 is 11.6 Å². The van der Waals surface area contributed by atoms with Crippen LogP contribution in [0.1, 0.15) is 26.2 Å². The molecule has 1 N–H and O–H groups in total. The molecule has 0 spiro atoms. The number of hydrogen-bond acceptors (Lipinski definition) is 3. The summed E-state index contributed by atoms with van der Waals surface area (Å²) in [5, 5.41) is 3.42. The van der Waals surface area contributed by atoms with Crippen molar-refractivity contribution >= 4 is 34.8 Å². The number of ether oxygens (including phenoxy) is 1. The molecule has 1 fully saturated rings. The van der Waals surface area contributed by atoms with Crippen molar-refractivity contribution in [1.29, 1.82) is 0 Å². The molecule has 0 unspecified atom stereocenters. The molecule has 5 nitrogen and oxygen atoms in total. The van der Waals surface area contributed by atoms with Gasteiger partial charge in [-0.25, -0.2) is 0 Å². The quantitative estimate of drug-likeness (QED) is 0.824. The van der Waals surface area contributed by atoms with E-state index < -0.39 is 6.10 Å². The molecule has 1 saturated heterocycles. The van der Waals surface area contributed by atoms with Crippen LogP contribution < -0.4 is 15.0 Å². The zero-order valence-corrected chi connectivity index (χ0v) is 15.3. The summed E-state index contributed by atoms with van der Waals surface area (Å²) in [6, 6.07) is 14.3. The Kier molecular flexibility index (Phi) is 5.78. The molecule has 3 rings (SSSR count). The molecule has 1 aliphatic heterocycles. The van der Waals surface area contributed by atoms with E-state index in [1.165, 1.54) is 0 Å². The van der Waals surface area contributed by atoms with Gasteiger partial charge < -0.3 is 15.0 Å². The van der Waals surface area contributed by atoms with Crippen molar-refractivity contribution < 1.29 is 14.3 Å². The summed E-state index contributed by atoms with van der Waals surface area (Å²) in [6.07, 6.45) is 1.39. The van der Waals surface area contributed by atoms with Gasteiger partial charge in [-0.3, -0.25) is 9.59 Å². The van der Waals surface area contributed by atoms with E-state index in [1.54, 1.807) is 41.3 Å². The Morgan fingerprint density at radius 3 is 2.65 bits per heavy atom. The SMILES string of the molecule is CC[C@@H](Oc1cccc(Cl)c1)C(=O)Nc1ccc(N2CCCC2=O)cc1. The molecule has 2 aromatic carbocycles. The van der Waals surface area contributed by atoms with E-state index in [-0.39, 0.29) is 11.8 Å². The number of carbonyl (C=O) groups is 2. The number of amides is 2. The predicted molar refractivity (Wildman–Crippen MR) is 103 cm³/mol. The molecule has 0 bridgehead atoms. The van der Waals surface area contributed by atoms with Gasteiger partial charge in [0.2, 0.25) is 5.91 Å². The maximum atomic E-state index is 12.5. The molecule has 1 aliphatic rings. The molecule has 0 radical (unpaired) electrons. The Bertz CT molecular complexity index is 792. The molecule has 26 heavy (non-hydrogen) atoms. The molecule has 0 aromatic heterocycles. The Morgan fingerprint density at radius 1 is 1.27 bits per heavy atom. The minimum absolute atomic E-state index is 0.141. The lowest BCUT2D eigenvalue weighted by atomic mass is 10.2. The van der Waals surface area contributed by atoms with Crippen LogP contribution in [0.3, 0.4) is 0 Å². The topological polar surface area (TPSA) is 58.6 Å². The molecule has 136 valence electrons. The molecular weight excluding hydrogens is 352 g/mol. The van der Waals surface area contributed by atoms with Crippen molar-refractivity contribution in [1.82, 2.24) is 0 Å². The second-order valence-electron chi connectivity index (χ2n) is 6.16. The summed E-state index contributed by atoms with van der Waals surface area (Å²) < 4.78 is 5.75. The average molecular weight is 373 g/mol. The summed E-state index contributed by atoms with van der Waals surface area (Å²) in [7, 11) is 0. The van der Waals surface area contributed by atoms with Crippen LogP contribution in [0.15, 0.2) is 48.5 Å². The van der Waals surface area contributed by atoms with Gasteiger partial charge in [-0.05, 0) is 55.3 Å². The maximum Gasteiger partial charge on any atom is 0.265 e. The van der Waals surface area contributed by atoms with Crippen LogP contribution in [0.25, 0.3) is 0 Å². The molecule has 1 heterocycles. The normalized spacial score (nSPS) is 15.0. The summed E-state index contributed by atoms with van der Waals surface area (Å²) in [6.45, 7) is 2.63. The number of nitrogens with one attached hydrogen (secondary N) is 1. The van der Waals surface area contributed by atoms with Crippen LogP contribution in [0.2, 0.25) is 5.02 Å². The van der Waals surface area contributed by atoms with Crippen molar-refractivity contribution in [3.05, 3.63) is 53.6 Å². The highest BCUT2D eigenvalue weighted by Crippen LogP contribution is 2.24. The van der Waals surface area contributed by atoms with E-state index in [4.69, 9.17) is 16.3 Å². The van der Waals surface area contributed by atoms with E-state index >= 15 is 0 Å². The highest BCUT2D eigenvalue weighted by molar-refractivity contribution is 6.30. The van der Waals surface area contributed by atoms with Gasteiger partial charge in [0.25, 0.3) is 5.91 Å². The first kappa shape index (κ1) is 18.3. The average Bonchev–Trinajstić information content (AvgIpc) is 3.06. The number of halogens is 1. The summed E-state index contributed by atoms with van der Waals surface area (Å²) in [5.41, 5.74) is 1.52. The molecule has 2 aromatic rings. The zero-order chi connectivity index (χ0) is 18.5. The number of rotatable bonds is 6. The van der Waals surface area contributed by atoms with Crippen molar-refractivity contribution in [2.75, 3.05) is 16.8 Å². The van der Waals surface area contributed by atoms with E-state index in [1.807, 2.05) is 19.1 Å². The highest BCUT2D eigenvalue weighted by Gasteiger charge is 2.22. The largest absolute Gasteiger partial charge is 0.481 e. The predicted octanol–water partition coefficient (Wildman–Crippen LogP) is 4.26. The van der Waals surface area contributed by atoms with E-state index in [0.717, 1.165) is 18.7 Å². The third kappa shape index (κ3) is 4.35. The van der Waals surface area contributed by atoms with E-state index in [2.05, 4.69) is 5.32 Å². The summed E-state index contributed by atoms with van der Waals surface area (Å²) >= 11 is 5.95. The summed E-state index contributed by atoms with van der Waals surface area (Å²) in [4.78, 5) is 26.1. The lowest BCUT2D eigenvalue weighted by Crippen LogP contribution is -2.32. The second-order valence-corrected chi connectivity index (χ2v) is 6.59. The van der Waals surface area contributed by atoms with Crippen molar-refractivity contribution in [3.8, 4) is 5.75 Å².